The van der Waals surface area contributed by atoms with Crippen LogP contribution >= 0.6 is 0 Å². The summed E-state index contributed by atoms with van der Waals surface area (Å²) in [5, 5.41) is 18.1. The van der Waals surface area contributed by atoms with Crippen molar-refractivity contribution in [1.82, 2.24) is 0 Å². The molecule has 0 aliphatic carbocycles. The molecule has 0 aromatic heterocycles. The first-order valence-electron chi connectivity index (χ1n) is 7.36. The fraction of sp³-hybridized carbons (Fsp3) is 0.875. The van der Waals surface area contributed by atoms with Crippen molar-refractivity contribution in [3.05, 3.63) is 12.2 Å². The fourth-order valence-corrected chi connectivity index (χ4v) is 1.39. The zero-order valence-corrected chi connectivity index (χ0v) is 13.2. The lowest BCUT2D eigenvalue weighted by molar-refractivity contribution is 0.145. The molecule has 2 N–H and O–H groups in total. The molecule has 0 radical (unpaired) electrons. The highest BCUT2D eigenvalue weighted by Crippen LogP contribution is 2.06. The van der Waals surface area contributed by atoms with E-state index in [0.717, 1.165) is 25.7 Å². The van der Waals surface area contributed by atoms with Gasteiger partial charge in [-0.1, -0.05) is 53.7 Å². The van der Waals surface area contributed by atoms with Gasteiger partial charge in [-0.2, -0.15) is 0 Å². The summed E-state index contributed by atoms with van der Waals surface area (Å²) in [6, 6.07) is 0. The summed E-state index contributed by atoms with van der Waals surface area (Å²) in [7, 11) is 0. The van der Waals surface area contributed by atoms with Gasteiger partial charge in [-0.25, -0.2) is 0 Å². The minimum atomic E-state index is -0.144. The highest BCUT2D eigenvalue weighted by molar-refractivity contribution is 4.85. The molecular weight excluding hydrogens is 224 g/mol. The summed E-state index contributed by atoms with van der Waals surface area (Å²) >= 11 is 0. The molecule has 0 saturated heterocycles. The second-order valence-corrected chi connectivity index (χ2v) is 5.66. The van der Waals surface area contributed by atoms with Crippen molar-refractivity contribution < 1.29 is 10.2 Å². The molecule has 0 rings (SSSR count). The molecule has 0 aliphatic rings. The monoisotopic (exact) mass is 258 g/mol. The average molecular weight is 258 g/mol. The van der Waals surface area contributed by atoms with Gasteiger partial charge in [0.2, 0.25) is 0 Å². The standard InChI is InChI=1S/C9H18O.C7H16O/c1-4-9(10)7-5-6-8(2)3;1-4-7(8)5-6(2)3/h5-6,8-10H,4,7H2,1-3H3;6-8H,4-5H2,1-3H3/b6-5+;. The van der Waals surface area contributed by atoms with E-state index >= 15 is 0 Å². The van der Waals surface area contributed by atoms with Crippen molar-refractivity contribution in [2.24, 2.45) is 11.8 Å². The third-order valence-electron chi connectivity index (χ3n) is 2.62. The van der Waals surface area contributed by atoms with Crippen molar-refractivity contribution in [2.45, 2.75) is 79.4 Å². The quantitative estimate of drug-likeness (QED) is 0.673. The lowest BCUT2D eigenvalue weighted by Crippen LogP contribution is -2.07. The smallest absolute Gasteiger partial charge is 0.0572 e. The van der Waals surface area contributed by atoms with Crippen LogP contribution < -0.4 is 0 Å². The van der Waals surface area contributed by atoms with Gasteiger partial charge in [-0.05, 0) is 37.5 Å². The van der Waals surface area contributed by atoms with E-state index in [2.05, 4.69) is 39.8 Å². The van der Waals surface area contributed by atoms with Gasteiger partial charge in [0.05, 0.1) is 12.2 Å². The maximum Gasteiger partial charge on any atom is 0.0572 e. The Morgan fingerprint density at radius 2 is 1.39 bits per heavy atom. The van der Waals surface area contributed by atoms with Crippen molar-refractivity contribution >= 4 is 0 Å². The third kappa shape index (κ3) is 18.0. The first-order chi connectivity index (χ1) is 8.33. The fourth-order valence-electron chi connectivity index (χ4n) is 1.39. The topological polar surface area (TPSA) is 40.5 Å². The van der Waals surface area contributed by atoms with Gasteiger partial charge in [-0.3, -0.25) is 0 Å². The lowest BCUT2D eigenvalue weighted by atomic mass is 10.0. The first-order valence-corrected chi connectivity index (χ1v) is 7.36. The first kappa shape index (κ1) is 20.0. The van der Waals surface area contributed by atoms with Gasteiger partial charge in [0.25, 0.3) is 0 Å². The van der Waals surface area contributed by atoms with Gasteiger partial charge < -0.3 is 10.2 Å². The summed E-state index contributed by atoms with van der Waals surface area (Å²) < 4.78 is 0. The molecule has 2 nitrogen and oxygen atoms in total. The number of allylic oxidation sites excluding steroid dienone is 1. The van der Waals surface area contributed by atoms with Gasteiger partial charge >= 0.3 is 0 Å². The Balaban J connectivity index is 0. The molecule has 0 aromatic carbocycles. The molecule has 110 valence electrons. The summed E-state index contributed by atoms with van der Waals surface area (Å²) in [6.45, 7) is 12.5. The zero-order valence-electron chi connectivity index (χ0n) is 13.2. The average Bonchev–Trinajstić information content (AvgIpc) is 2.28. The van der Waals surface area contributed by atoms with Crippen molar-refractivity contribution in [2.75, 3.05) is 0 Å². The van der Waals surface area contributed by atoms with E-state index in [-0.39, 0.29) is 12.2 Å². The van der Waals surface area contributed by atoms with E-state index in [1.807, 2.05) is 13.8 Å². The van der Waals surface area contributed by atoms with Crippen molar-refractivity contribution in [3.8, 4) is 0 Å². The molecule has 18 heavy (non-hydrogen) atoms. The number of aliphatic hydroxyl groups excluding tert-OH is 2. The van der Waals surface area contributed by atoms with Crippen LogP contribution in [0.1, 0.15) is 67.2 Å². The minimum absolute atomic E-state index is 0.0741. The third-order valence-corrected chi connectivity index (χ3v) is 2.62. The van der Waals surface area contributed by atoms with Crippen LogP contribution in [0.15, 0.2) is 12.2 Å². The van der Waals surface area contributed by atoms with Crippen LogP contribution in [0, 0.1) is 11.8 Å². The molecular formula is C16H34O2. The molecule has 2 unspecified atom stereocenters. The molecule has 0 heterocycles. The van der Waals surface area contributed by atoms with Crippen LogP contribution in [0.25, 0.3) is 0 Å². The Labute approximate surface area is 114 Å². The molecule has 2 heteroatoms. The lowest BCUT2D eigenvalue weighted by Gasteiger charge is -2.08. The SMILES string of the molecule is CCC(O)C/C=C/C(C)C.CCC(O)CC(C)C. The summed E-state index contributed by atoms with van der Waals surface area (Å²) in [6.07, 6.45) is 7.44. The zero-order chi connectivity index (χ0) is 14.6. The predicted molar refractivity (Wildman–Crippen MR) is 80.6 cm³/mol. The Morgan fingerprint density at radius 1 is 0.889 bits per heavy atom. The highest BCUT2D eigenvalue weighted by Gasteiger charge is 2.01. The number of hydrogen-bond acceptors (Lipinski definition) is 2. The maximum absolute atomic E-state index is 9.12. The Kier molecular flexibility index (Phi) is 14.5. The van der Waals surface area contributed by atoms with Gasteiger partial charge in [-0.15, -0.1) is 0 Å². The van der Waals surface area contributed by atoms with E-state index < -0.39 is 0 Å². The van der Waals surface area contributed by atoms with Crippen LogP contribution in [0.3, 0.4) is 0 Å². The molecule has 2 atom stereocenters. The number of hydrogen-bond donors (Lipinski definition) is 2. The van der Waals surface area contributed by atoms with Gasteiger partial charge in [0.15, 0.2) is 0 Å². The van der Waals surface area contributed by atoms with E-state index in [4.69, 9.17) is 10.2 Å². The normalized spacial score (nSPS) is 14.8. The molecule has 0 fully saturated rings. The van der Waals surface area contributed by atoms with Crippen LogP contribution in [0.4, 0.5) is 0 Å². The maximum atomic E-state index is 9.12. The predicted octanol–water partition coefficient (Wildman–Crippen LogP) is 4.16. The molecule has 0 aromatic rings. The minimum Gasteiger partial charge on any atom is -0.393 e. The van der Waals surface area contributed by atoms with Gasteiger partial charge in [0, 0.05) is 0 Å². The Hall–Kier alpha value is -0.340. The van der Waals surface area contributed by atoms with Gasteiger partial charge in [0.1, 0.15) is 0 Å². The Morgan fingerprint density at radius 3 is 1.67 bits per heavy atom. The molecule has 0 aliphatic heterocycles. The number of rotatable bonds is 7. The molecule has 0 bridgehead atoms. The van der Waals surface area contributed by atoms with Crippen LogP contribution in [0.2, 0.25) is 0 Å². The van der Waals surface area contributed by atoms with E-state index in [1.54, 1.807) is 0 Å². The Bertz CT molecular complexity index is 186. The number of aliphatic hydroxyl groups is 2. The summed E-state index contributed by atoms with van der Waals surface area (Å²) in [5.74, 6) is 1.23. The summed E-state index contributed by atoms with van der Waals surface area (Å²) in [5.41, 5.74) is 0. The second-order valence-electron chi connectivity index (χ2n) is 5.66. The molecule has 0 spiro atoms. The van der Waals surface area contributed by atoms with E-state index in [1.165, 1.54) is 0 Å². The van der Waals surface area contributed by atoms with E-state index in [9.17, 15) is 0 Å². The van der Waals surface area contributed by atoms with Crippen LogP contribution in [-0.4, -0.2) is 22.4 Å². The van der Waals surface area contributed by atoms with E-state index in [0.29, 0.717) is 11.8 Å². The van der Waals surface area contributed by atoms with Crippen molar-refractivity contribution in [3.63, 3.8) is 0 Å². The van der Waals surface area contributed by atoms with Crippen LogP contribution in [0.5, 0.6) is 0 Å². The van der Waals surface area contributed by atoms with Crippen LogP contribution in [-0.2, 0) is 0 Å². The van der Waals surface area contributed by atoms with Crippen molar-refractivity contribution in [1.29, 1.82) is 0 Å². The molecule has 0 saturated carbocycles. The second kappa shape index (κ2) is 13.1. The molecule has 0 amide bonds. The highest BCUT2D eigenvalue weighted by atomic mass is 16.3. The summed E-state index contributed by atoms with van der Waals surface area (Å²) in [4.78, 5) is 0. The largest absolute Gasteiger partial charge is 0.393 e.